The first-order valence-electron chi connectivity index (χ1n) is 21.6. The zero-order valence-electron chi connectivity index (χ0n) is 37.0. The fourth-order valence-corrected chi connectivity index (χ4v) is 19.8. The molecule has 0 spiro atoms. The van der Waals surface area contributed by atoms with Crippen LogP contribution in [0, 0.1) is 0 Å². The van der Waals surface area contributed by atoms with Gasteiger partial charge in [0.15, 0.2) is 0 Å². The molecule has 8 rings (SSSR count). The Morgan fingerprint density at radius 2 is 0.369 bits per heavy atom. The summed E-state index contributed by atoms with van der Waals surface area (Å²) in [5, 5.41) is 27.0. The maximum absolute atomic E-state index is 9.00. The van der Waals surface area contributed by atoms with Crippen LogP contribution >= 0.6 is 31.7 Å². The largest absolute Gasteiger partial charge is 0.481 e. The van der Waals surface area contributed by atoms with Crippen molar-refractivity contribution in [1.82, 2.24) is 0 Å². The van der Waals surface area contributed by atoms with Crippen LogP contribution in [0.2, 0.25) is 0 Å². The molecule has 0 atom stereocenters. The summed E-state index contributed by atoms with van der Waals surface area (Å²) in [5.74, 6) is -1.67. The minimum atomic E-state index is -0.833. The van der Waals surface area contributed by atoms with Gasteiger partial charge in [-0.1, -0.05) is 146 Å². The van der Waals surface area contributed by atoms with Crippen LogP contribution < -0.4 is 42.4 Å². The summed E-state index contributed by atoms with van der Waals surface area (Å²) in [6.07, 6.45) is 5.04. The van der Waals surface area contributed by atoms with Crippen molar-refractivity contribution in [2.24, 2.45) is 0 Å². The summed E-state index contributed by atoms with van der Waals surface area (Å²) in [4.78, 5) is 18.0. The van der Waals surface area contributed by atoms with Crippen molar-refractivity contribution in [3.63, 3.8) is 0 Å². The molecule has 332 valence electrons. The van der Waals surface area contributed by atoms with E-state index in [1.54, 1.807) is 0 Å². The molecule has 0 bridgehead atoms. The van der Waals surface area contributed by atoms with E-state index < -0.39 is 43.6 Å². The van der Waals surface area contributed by atoms with Crippen LogP contribution in [-0.4, -0.2) is 46.8 Å². The summed E-state index contributed by atoms with van der Waals surface area (Å²) in [6, 6.07) is 89.0. The number of carbonyl (C=O) groups is 2. The number of hydrogen-bond donors (Lipinski definition) is 2. The molecule has 0 fully saturated rings. The quantitative estimate of drug-likeness (QED) is 0.0842. The van der Waals surface area contributed by atoms with E-state index in [9.17, 15) is 0 Å². The van der Waals surface area contributed by atoms with Crippen molar-refractivity contribution in [2.45, 2.75) is 13.8 Å². The van der Waals surface area contributed by atoms with E-state index in [0.29, 0.717) is 0 Å². The number of benzene rings is 8. The smallest absolute Gasteiger partial charge is 0.300 e. The van der Waals surface area contributed by atoms with Crippen molar-refractivity contribution in [3.8, 4) is 0 Å². The third kappa shape index (κ3) is 18.8. The molecule has 65 heavy (non-hydrogen) atoms. The van der Waals surface area contributed by atoms with Crippen LogP contribution in [-0.2, 0) is 29.1 Å². The third-order valence-electron chi connectivity index (χ3n) is 10.2. The summed E-state index contributed by atoms with van der Waals surface area (Å²) in [5.41, 5.74) is 0. The maximum atomic E-state index is 9.00. The van der Waals surface area contributed by atoms with E-state index in [-0.39, 0.29) is 19.5 Å². The standard InChI is InChI=1S/2C26H24P2.2C2H4O2.Ru/c2*1-5-13-23(14-6-1)27(24-15-7-2-8-16-24)21-22-28(25-17-9-3-10-18-25)26-19-11-4-12-20-26;2*1-2(3)4;/h2*1-20H,21-22H2;2*1H3,(H,3,4);/p+4. The van der Waals surface area contributed by atoms with E-state index in [0.717, 1.165) is 13.8 Å². The molecule has 9 heteroatoms. The van der Waals surface area contributed by atoms with Gasteiger partial charge in [-0.2, -0.15) is 0 Å². The molecule has 0 aliphatic carbocycles. The second-order valence-corrected chi connectivity index (χ2v) is 25.3. The topological polar surface area (TPSA) is 74.6 Å². The van der Waals surface area contributed by atoms with Gasteiger partial charge in [-0.15, -0.1) is 0 Å². The summed E-state index contributed by atoms with van der Waals surface area (Å²) in [7, 11) is -3.13. The second kappa shape index (κ2) is 30.3. The van der Waals surface area contributed by atoms with Gasteiger partial charge in [0.1, 0.15) is 24.6 Å². The Morgan fingerprint density at radius 3 is 0.462 bits per heavy atom. The second-order valence-electron chi connectivity index (χ2n) is 14.9. The number of rotatable bonds is 14. The number of carboxylic acid groups (broad SMARTS) is 2. The predicted octanol–water partition coefficient (Wildman–Crippen LogP) is 9.61. The van der Waals surface area contributed by atoms with Gasteiger partial charge in [0.2, 0.25) is 0 Å². The molecule has 2 N–H and O–H groups in total. The fourth-order valence-electron chi connectivity index (χ4n) is 7.44. The molecule has 0 aliphatic heterocycles. The molecule has 0 saturated carbocycles. The van der Waals surface area contributed by atoms with E-state index in [1.165, 1.54) is 67.1 Å². The molecule has 0 aromatic heterocycles. The van der Waals surface area contributed by atoms with Crippen LogP contribution in [0.1, 0.15) is 13.8 Å². The van der Waals surface area contributed by atoms with Gasteiger partial charge in [0, 0.05) is 33.3 Å². The first-order chi connectivity index (χ1) is 31.3. The number of aliphatic carboxylic acids is 2. The van der Waals surface area contributed by atoms with E-state index in [4.69, 9.17) is 19.8 Å². The Bertz CT molecular complexity index is 1960. The van der Waals surface area contributed by atoms with Crippen molar-refractivity contribution in [1.29, 1.82) is 0 Å². The molecular formula is C56H60O4P4Ru+4. The molecule has 0 saturated heterocycles. The minimum Gasteiger partial charge on any atom is -0.481 e. The zero-order chi connectivity index (χ0) is 45.2. The molecule has 0 amide bonds. The molecule has 0 radical (unpaired) electrons. The third-order valence-corrected chi connectivity index (χ3v) is 22.5. The summed E-state index contributed by atoms with van der Waals surface area (Å²) >= 11 is 0. The Hall–Kier alpha value is -4.96. The SMILES string of the molecule is CC(=O)O.CC(=O)O.[Ru].c1ccc([PH+](CC[PH+](c2ccccc2)c2ccccc2)c2ccccc2)cc1.c1ccc([PH+](CC[PH+](c2ccccc2)c2ccccc2)c2ccccc2)cc1. The van der Waals surface area contributed by atoms with E-state index in [2.05, 4.69) is 243 Å². The number of hydrogen-bond acceptors (Lipinski definition) is 2. The van der Waals surface area contributed by atoms with Gasteiger partial charge in [-0.05, 0) is 97.1 Å². The van der Waals surface area contributed by atoms with E-state index in [1.807, 2.05) is 0 Å². The molecule has 4 nitrogen and oxygen atoms in total. The van der Waals surface area contributed by atoms with Crippen LogP contribution in [0.3, 0.4) is 0 Å². The first-order valence-corrected chi connectivity index (χ1v) is 28.4. The van der Waals surface area contributed by atoms with Crippen molar-refractivity contribution in [2.75, 3.05) is 24.6 Å². The average molecular weight is 1020 g/mol. The molecule has 0 unspecified atom stereocenters. The number of carboxylic acids is 2. The van der Waals surface area contributed by atoms with Crippen LogP contribution in [0.4, 0.5) is 0 Å². The minimum absolute atomic E-state index is 0. The molecule has 8 aromatic rings. The van der Waals surface area contributed by atoms with Crippen LogP contribution in [0.15, 0.2) is 243 Å². The van der Waals surface area contributed by atoms with Gasteiger partial charge in [0.05, 0.1) is 74.1 Å². The van der Waals surface area contributed by atoms with Gasteiger partial charge in [-0.3, -0.25) is 9.59 Å². The Kier molecular flexibility index (Phi) is 24.5. The monoisotopic (exact) mass is 1020 g/mol. The Labute approximate surface area is 404 Å². The van der Waals surface area contributed by atoms with E-state index >= 15 is 0 Å². The molecular weight excluding hydrogens is 962 g/mol. The van der Waals surface area contributed by atoms with Gasteiger partial charge < -0.3 is 10.2 Å². The van der Waals surface area contributed by atoms with Crippen molar-refractivity contribution >= 4 is 86.1 Å². The van der Waals surface area contributed by atoms with Crippen LogP contribution in [0.25, 0.3) is 0 Å². The molecule has 8 aromatic carbocycles. The summed E-state index contributed by atoms with van der Waals surface area (Å²) in [6.45, 7) is 2.17. The van der Waals surface area contributed by atoms with Gasteiger partial charge >= 0.3 is 0 Å². The van der Waals surface area contributed by atoms with Gasteiger partial charge in [0.25, 0.3) is 11.9 Å². The normalized spacial score (nSPS) is 10.3. The first kappa shape index (κ1) is 52.7. The van der Waals surface area contributed by atoms with Gasteiger partial charge in [-0.25, -0.2) is 0 Å². The fraction of sp³-hybridized carbons (Fsp3) is 0.107. The molecule has 0 heterocycles. The van der Waals surface area contributed by atoms with Crippen molar-refractivity contribution < 1.29 is 39.3 Å². The summed E-state index contributed by atoms with van der Waals surface area (Å²) < 4.78 is 0. The van der Waals surface area contributed by atoms with Crippen LogP contribution in [0.5, 0.6) is 0 Å². The maximum Gasteiger partial charge on any atom is 0.300 e. The van der Waals surface area contributed by atoms with Crippen molar-refractivity contribution in [3.05, 3.63) is 243 Å². The average Bonchev–Trinajstić information content (AvgIpc) is 3.34. The molecule has 0 aliphatic rings. The Morgan fingerprint density at radius 1 is 0.277 bits per heavy atom. The predicted molar refractivity (Wildman–Crippen MR) is 288 cm³/mol. The zero-order valence-corrected chi connectivity index (χ0v) is 42.7. The Balaban J connectivity index is 0.000000241.